The molecule has 1 aromatic rings. The van der Waals surface area contributed by atoms with Crippen molar-refractivity contribution in [3.63, 3.8) is 0 Å². The first kappa shape index (κ1) is 19.1. The molecule has 1 fully saturated rings. The largest absolute Gasteiger partial charge is 0.488 e. The average Bonchev–Trinajstić information content (AvgIpc) is 2.94. The monoisotopic (exact) mass is 380 g/mol. The second-order valence-electron chi connectivity index (χ2n) is 6.75. The van der Waals surface area contributed by atoms with Gasteiger partial charge in [0, 0.05) is 24.8 Å². The van der Waals surface area contributed by atoms with E-state index in [2.05, 4.69) is 0 Å². The van der Waals surface area contributed by atoms with E-state index in [1.54, 1.807) is 13.8 Å². The van der Waals surface area contributed by atoms with Crippen LogP contribution in [-0.4, -0.2) is 50.4 Å². The minimum Gasteiger partial charge on any atom is -0.488 e. The highest BCUT2D eigenvalue weighted by atomic mass is 32.1. The molecule has 0 spiro atoms. The van der Waals surface area contributed by atoms with Crippen LogP contribution < -0.4 is 4.74 Å². The van der Waals surface area contributed by atoms with Gasteiger partial charge in [-0.1, -0.05) is 0 Å². The summed E-state index contributed by atoms with van der Waals surface area (Å²) in [4.78, 5) is 26.6. The Morgan fingerprint density at radius 2 is 2.00 bits per heavy atom. The van der Waals surface area contributed by atoms with Gasteiger partial charge in [0.05, 0.1) is 24.9 Å². The van der Waals surface area contributed by atoms with Gasteiger partial charge >= 0.3 is 5.97 Å². The summed E-state index contributed by atoms with van der Waals surface area (Å²) >= 11 is 1.24. The summed E-state index contributed by atoms with van der Waals surface area (Å²) in [5, 5.41) is 0. The molecule has 1 saturated heterocycles. The summed E-state index contributed by atoms with van der Waals surface area (Å²) in [6, 6.07) is 0. The van der Waals surface area contributed by atoms with Crippen LogP contribution in [0, 0.1) is 0 Å². The molecule has 1 aromatic heterocycles. The summed E-state index contributed by atoms with van der Waals surface area (Å²) in [5.74, 6) is -0.308. The van der Waals surface area contributed by atoms with Crippen molar-refractivity contribution in [1.29, 1.82) is 0 Å². The van der Waals surface area contributed by atoms with Gasteiger partial charge in [-0.05, 0) is 32.4 Å². The third-order valence-corrected chi connectivity index (χ3v) is 5.46. The quantitative estimate of drug-likeness (QED) is 0.728. The summed E-state index contributed by atoms with van der Waals surface area (Å²) in [7, 11) is 1.50. The highest BCUT2D eigenvalue weighted by Crippen LogP contribution is 2.43. The van der Waals surface area contributed by atoms with E-state index >= 15 is 0 Å². The third-order valence-electron chi connectivity index (χ3n) is 4.37. The molecule has 0 saturated carbocycles. The molecule has 1 unspecified atom stereocenters. The topological polar surface area (TPSA) is 71.1 Å². The molecule has 1 aliphatic heterocycles. The second kappa shape index (κ2) is 7.90. The van der Waals surface area contributed by atoms with E-state index in [9.17, 15) is 9.59 Å². The average molecular weight is 380 g/mol. The van der Waals surface area contributed by atoms with E-state index in [1.165, 1.54) is 18.4 Å². The third kappa shape index (κ3) is 3.70. The Morgan fingerprint density at radius 3 is 2.62 bits per heavy atom. The number of rotatable bonds is 5. The Bertz CT molecular complexity index is 727. The number of esters is 1. The molecule has 0 N–H and O–H groups in total. The van der Waals surface area contributed by atoms with Gasteiger partial charge in [-0.2, -0.15) is 0 Å². The van der Waals surface area contributed by atoms with Gasteiger partial charge < -0.3 is 18.9 Å². The molecule has 26 heavy (non-hydrogen) atoms. The van der Waals surface area contributed by atoms with Crippen LogP contribution in [0.3, 0.4) is 0 Å². The number of ether oxygens (including phenoxy) is 4. The zero-order valence-corrected chi connectivity index (χ0v) is 16.3. The maximum Gasteiger partial charge on any atom is 0.352 e. The van der Waals surface area contributed by atoms with Crippen molar-refractivity contribution in [3.8, 4) is 5.75 Å². The van der Waals surface area contributed by atoms with Crippen LogP contribution in [0.1, 0.15) is 58.5 Å². The lowest BCUT2D eigenvalue weighted by Gasteiger charge is -2.25. The molecule has 0 amide bonds. The Balaban J connectivity index is 2.03. The molecular weight excluding hydrogens is 356 g/mol. The van der Waals surface area contributed by atoms with Crippen molar-refractivity contribution >= 4 is 29.2 Å². The van der Waals surface area contributed by atoms with Crippen molar-refractivity contribution in [1.82, 2.24) is 0 Å². The second-order valence-corrected chi connectivity index (χ2v) is 7.80. The van der Waals surface area contributed by atoms with Gasteiger partial charge in [-0.3, -0.25) is 4.79 Å². The number of carbonyl (C=O) groups is 2. The molecule has 7 heteroatoms. The highest BCUT2D eigenvalue weighted by molar-refractivity contribution is 7.15. The van der Waals surface area contributed by atoms with Crippen LogP contribution in [0.5, 0.6) is 5.75 Å². The number of carbonyl (C=O) groups excluding carboxylic acids is 2. The number of fused-ring (bicyclic) bond motifs is 1. The van der Waals surface area contributed by atoms with Crippen molar-refractivity contribution in [3.05, 3.63) is 20.9 Å². The molecule has 0 aromatic carbocycles. The van der Waals surface area contributed by atoms with Gasteiger partial charge in [0.2, 0.25) is 5.78 Å². The van der Waals surface area contributed by atoms with Crippen molar-refractivity contribution in [2.24, 2.45) is 0 Å². The first-order chi connectivity index (χ1) is 12.4. The SMILES string of the molecule is COC1C(=O)c2c(sc(C(=O)OC(C)C)c2OC2CCOCC2)C=C1C. The minimum atomic E-state index is -0.650. The normalized spacial score (nSPS) is 20.7. The van der Waals surface area contributed by atoms with E-state index < -0.39 is 12.1 Å². The lowest BCUT2D eigenvalue weighted by atomic mass is 9.94. The van der Waals surface area contributed by atoms with Gasteiger partial charge in [-0.25, -0.2) is 4.79 Å². The van der Waals surface area contributed by atoms with Gasteiger partial charge in [0.1, 0.15) is 12.2 Å². The van der Waals surface area contributed by atoms with Crippen LogP contribution in [0.4, 0.5) is 0 Å². The Morgan fingerprint density at radius 1 is 1.31 bits per heavy atom. The van der Waals surface area contributed by atoms with Crippen molar-refractivity contribution in [2.75, 3.05) is 20.3 Å². The van der Waals surface area contributed by atoms with E-state index in [4.69, 9.17) is 18.9 Å². The molecular formula is C19H24O6S. The number of methoxy groups -OCH3 is 1. The standard InChI is InChI=1S/C19H24O6S/c1-10(2)24-19(21)18-17(25-12-5-7-23-8-6-12)14-13(26-18)9-11(3)16(22-4)15(14)20/h9-10,12,16H,5-8H2,1-4H3. The van der Waals surface area contributed by atoms with Crippen LogP contribution in [-0.2, 0) is 14.2 Å². The highest BCUT2D eigenvalue weighted by Gasteiger charge is 2.37. The first-order valence-electron chi connectivity index (χ1n) is 8.79. The maximum atomic E-state index is 13.0. The molecule has 0 bridgehead atoms. The molecule has 3 rings (SSSR count). The molecule has 1 atom stereocenters. The lowest BCUT2D eigenvalue weighted by Crippen LogP contribution is -2.30. The number of hydrogen-bond acceptors (Lipinski definition) is 7. The summed E-state index contributed by atoms with van der Waals surface area (Å²) in [5.41, 5.74) is 1.24. The molecule has 0 radical (unpaired) electrons. The van der Waals surface area contributed by atoms with Gasteiger partial charge in [0.25, 0.3) is 0 Å². The number of hydrogen-bond donors (Lipinski definition) is 0. The number of Topliss-reactive ketones (excluding diaryl/α,β-unsaturated/α-hetero) is 1. The number of ketones is 1. The fraction of sp³-hybridized carbons (Fsp3) is 0.579. The summed E-state index contributed by atoms with van der Waals surface area (Å²) in [6.07, 6.45) is 2.34. The van der Waals surface area contributed by atoms with Crippen molar-refractivity contribution in [2.45, 2.75) is 51.9 Å². The first-order valence-corrected chi connectivity index (χ1v) is 9.61. The fourth-order valence-corrected chi connectivity index (χ4v) is 4.29. The van der Waals surface area contributed by atoms with Gasteiger partial charge in [-0.15, -0.1) is 11.3 Å². The minimum absolute atomic E-state index is 0.0890. The fourth-order valence-electron chi connectivity index (χ4n) is 3.16. The predicted octanol–water partition coefficient (Wildman–Crippen LogP) is 3.49. The molecule has 1 aliphatic carbocycles. The predicted molar refractivity (Wildman–Crippen MR) is 98.1 cm³/mol. The zero-order valence-electron chi connectivity index (χ0n) is 15.5. The number of thiophene rings is 1. The summed E-state index contributed by atoms with van der Waals surface area (Å²) < 4.78 is 22.2. The van der Waals surface area contributed by atoms with Gasteiger partial charge in [0.15, 0.2) is 10.6 Å². The molecule has 2 aliphatic rings. The molecule has 2 heterocycles. The van der Waals surface area contributed by atoms with E-state index in [1.807, 2.05) is 13.0 Å². The van der Waals surface area contributed by atoms with E-state index in [-0.39, 0.29) is 18.0 Å². The van der Waals surface area contributed by atoms with Crippen molar-refractivity contribution < 1.29 is 28.5 Å². The van der Waals surface area contributed by atoms with E-state index in [0.29, 0.717) is 29.4 Å². The van der Waals surface area contributed by atoms with Crippen LogP contribution in [0.25, 0.3) is 6.08 Å². The molecule has 6 nitrogen and oxygen atoms in total. The van der Waals surface area contributed by atoms with Crippen LogP contribution in [0.2, 0.25) is 0 Å². The smallest absolute Gasteiger partial charge is 0.352 e. The van der Waals surface area contributed by atoms with E-state index in [0.717, 1.165) is 23.3 Å². The lowest BCUT2D eigenvalue weighted by molar-refractivity contribution is 0.0230. The Labute approximate surface area is 157 Å². The summed E-state index contributed by atoms with van der Waals surface area (Å²) in [6.45, 7) is 6.65. The maximum absolute atomic E-state index is 13.0. The molecule has 142 valence electrons. The Kier molecular flexibility index (Phi) is 5.79. The van der Waals surface area contributed by atoms with Crippen LogP contribution >= 0.6 is 11.3 Å². The Hall–Kier alpha value is -1.70. The van der Waals surface area contributed by atoms with Crippen LogP contribution in [0.15, 0.2) is 5.57 Å². The zero-order chi connectivity index (χ0) is 18.8.